The van der Waals surface area contributed by atoms with E-state index in [1.54, 1.807) is 17.0 Å². The van der Waals surface area contributed by atoms with Gasteiger partial charge in [0, 0.05) is 19.5 Å². The summed E-state index contributed by atoms with van der Waals surface area (Å²) in [5, 5.41) is 11.7. The summed E-state index contributed by atoms with van der Waals surface area (Å²) in [5.74, 6) is -0.568. The molecule has 1 unspecified atom stereocenters. The highest BCUT2D eigenvalue weighted by Gasteiger charge is 2.27. The molecule has 136 valence electrons. The summed E-state index contributed by atoms with van der Waals surface area (Å²) in [6, 6.07) is 6.11. The van der Waals surface area contributed by atoms with Gasteiger partial charge in [0.15, 0.2) is 0 Å². The third-order valence-corrected chi connectivity index (χ3v) is 4.22. The molecule has 0 aliphatic carbocycles. The molecular formula is C18H24N2O5. The van der Waals surface area contributed by atoms with Gasteiger partial charge in [0.25, 0.3) is 0 Å². The molecule has 0 bridgehead atoms. The number of carboxylic acid groups (broad SMARTS) is 1. The summed E-state index contributed by atoms with van der Waals surface area (Å²) in [5.41, 5.74) is 0.198. The van der Waals surface area contributed by atoms with Gasteiger partial charge in [0.2, 0.25) is 11.8 Å². The van der Waals surface area contributed by atoms with Gasteiger partial charge < -0.3 is 20.1 Å². The Hall–Kier alpha value is -2.57. The van der Waals surface area contributed by atoms with Crippen molar-refractivity contribution in [3.8, 4) is 5.75 Å². The Balaban J connectivity index is 1.71. The Kier molecular flexibility index (Phi) is 6.80. The number of amides is 2. The summed E-state index contributed by atoms with van der Waals surface area (Å²) in [7, 11) is 0. The Morgan fingerprint density at radius 3 is 2.64 bits per heavy atom. The number of nitrogens with zero attached hydrogens (tertiary/aromatic N) is 1. The van der Waals surface area contributed by atoms with E-state index < -0.39 is 5.97 Å². The molecule has 0 radical (unpaired) electrons. The minimum atomic E-state index is -0.984. The van der Waals surface area contributed by atoms with E-state index in [9.17, 15) is 14.4 Å². The molecule has 0 spiro atoms. The van der Waals surface area contributed by atoms with Crippen LogP contribution in [0.15, 0.2) is 24.3 Å². The van der Waals surface area contributed by atoms with Gasteiger partial charge >= 0.3 is 5.97 Å². The van der Waals surface area contributed by atoms with Gasteiger partial charge in [-0.05, 0) is 37.1 Å². The largest absolute Gasteiger partial charge is 0.492 e. The van der Waals surface area contributed by atoms with Crippen molar-refractivity contribution < 1.29 is 24.2 Å². The summed E-state index contributed by atoms with van der Waals surface area (Å²) >= 11 is 0. The van der Waals surface area contributed by atoms with E-state index in [2.05, 4.69) is 5.32 Å². The maximum absolute atomic E-state index is 12.2. The van der Waals surface area contributed by atoms with Gasteiger partial charge in [0.1, 0.15) is 12.4 Å². The second-order valence-electron chi connectivity index (χ2n) is 6.00. The van der Waals surface area contributed by atoms with Gasteiger partial charge in [-0.15, -0.1) is 0 Å². The standard InChI is InChI=1S/C18H24N2O5/c1-2-16(21)20-10-3-4-14(12-20)17(22)19-9-11-25-15-7-5-13(6-8-15)18(23)24/h5-8,14H,2-4,9-12H2,1H3,(H,19,22)(H,23,24). The fraction of sp³-hybridized carbons (Fsp3) is 0.500. The quantitative estimate of drug-likeness (QED) is 0.729. The highest BCUT2D eigenvalue weighted by Crippen LogP contribution is 2.17. The maximum atomic E-state index is 12.2. The van der Waals surface area contributed by atoms with Crippen molar-refractivity contribution in [3.05, 3.63) is 29.8 Å². The first kappa shape index (κ1) is 18.8. The molecule has 1 aliphatic rings. The average Bonchev–Trinajstić information content (AvgIpc) is 2.64. The van der Waals surface area contributed by atoms with Crippen molar-refractivity contribution in [2.75, 3.05) is 26.2 Å². The molecule has 2 N–H and O–H groups in total. The molecule has 7 heteroatoms. The number of likely N-dealkylation sites (tertiary alicyclic amines) is 1. The number of nitrogens with one attached hydrogen (secondary N) is 1. The van der Waals surface area contributed by atoms with Crippen LogP contribution in [-0.4, -0.2) is 54.0 Å². The normalized spacial score (nSPS) is 17.0. The van der Waals surface area contributed by atoms with Crippen molar-refractivity contribution >= 4 is 17.8 Å². The Labute approximate surface area is 147 Å². The smallest absolute Gasteiger partial charge is 0.335 e. The van der Waals surface area contributed by atoms with Gasteiger partial charge in [-0.3, -0.25) is 9.59 Å². The van der Waals surface area contributed by atoms with Crippen molar-refractivity contribution in [2.45, 2.75) is 26.2 Å². The molecular weight excluding hydrogens is 324 g/mol. The number of piperidine rings is 1. The predicted molar refractivity (Wildman–Crippen MR) is 91.5 cm³/mol. The van der Waals surface area contributed by atoms with E-state index >= 15 is 0 Å². The Bertz CT molecular complexity index is 614. The number of carboxylic acids is 1. The molecule has 25 heavy (non-hydrogen) atoms. The van der Waals surface area contributed by atoms with Crippen LogP contribution in [0.2, 0.25) is 0 Å². The zero-order valence-electron chi connectivity index (χ0n) is 14.4. The van der Waals surface area contributed by atoms with Crippen LogP contribution in [0.4, 0.5) is 0 Å². The summed E-state index contributed by atoms with van der Waals surface area (Å²) in [4.78, 5) is 36.5. The molecule has 7 nitrogen and oxygen atoms in total. The lowest BCUT2D eigenvalue weighted by Gasteiger charge is -2.31. The summed E-state index contributed by atoms with van der Waals surface area (Å²) in [6.07, 6.45) is 2.09. The number of carbonyl (C=O) groups excluding carboxylic acids is 2. The molecule has 0 saturated carbocycles. The van der Waals surface area contributed by atoms with E-state index in [1.165, 1.54) is 12.1 Å². The van der Waals surface area contributed by atoms with E-state index in [1.807, 2.05) is 6.92 Å². The lowest BCUT2D eigenvalue weighted by Crippen LogP contribution is -2.45. The second-order valence-corrected chi connectivity index (χ2v) is 6.00. The summed E-state index contributed by atoms with van der Waals surface area (Å²) < 4.78 is 5.48. The van der Waals surface area contributed by atoms with E-state index in [0.29, 0.717) is 31.9 Å². The van der Waals surface area contributed by atoms with Crippen LogP contribution in [-0.2, 0) is 9.59 Å². The number of benzene rings is 1. The first-order valence-corrected chi connectivity index (χ1v) is 8.53. The molecule has 1 aromatic rings. The topological polar surface area (TPSA) is 95.9 Å². The molecule has 1 heterocycles. The Morgan fingerprint density at radius 1 is 1.28 bits per heavy atom. The highest BCUT2D eigenvalue weighted by molar-refractivity contribution is 5.87. The zero-order valence-corrected chi connectivity index (χ0v) is 14.4. The molecule has 1 atom stereocenters. The minimum Gasteiger partial charge on any atom is -0.492 e. The fourth-order valence-electron chi connectivity index (χ4n) is 2.82. The van der Waals surface area contributed by atoms with Crippen LogP contribution < -0.4 is 10.1 Å². The maximum Gasteiger partial charge on any atom is 0.335 e. The zero-order chi connectivity index (χ0) is 18.2. The minimum absolute atomic E-state index is 0.0570. The lowest BCUT2D eigenvalue weighted by atomic mass is 9.97. The Morgan fingerprint density at radius 2 is 2.00 bits per heavy atom. The SMILES string of the molecule is CCC(=O)N1CCCC(C(=O)NCCOc2ccc(C(=O)O)cc2)C1. The van der Waals surface area contributed by atoms with Crippen LogP contribution in [0, 0.1) is 5.92 Å². The van der Waals surface area contributed by atoms with Gasteiger partial charge in [-0.1, -0.05) is 6.92 Å². The van der Waals surface area contributed by atoms with Crippen LogP contribution >= 0.6 is 0 Å². The third kappa shape index (κ3) is 5.48. The predicted octanol–water partition coefficient (Wildman–Crippen LogP) is 1.53. The molecule has 1 aromatic carbocycles. The van der Waals surface area contributed by atoms with Crippen molar-refractivity contribution in [1.82, 2.24) is 10.2 Å². The number of hydrogen-bond donors (Lipinski definition) is 2. The van der Waals surface area contributed by atoms with E-state index in [0.717, 1.165) is 19.4 Å². The lowest BCUT2D eigenvalue weighted by molar-refractivity contribution is -0.135. The van der Waals surface area contributed by atoms with Crippen molar-refractivity contribution in [3.63, 3.8) is 0 Å². The third-order valence-electron chi connectivity index (χ3n) is 4.22. The van der Waals surface area contributed by atoms with E-state index in [4.69, 9.17) is 9.84 Å². The van der Waals surface area contributed by atoms with Crippen LogP contribution in [0.3, 0.4) is 0 Å². The second kappa shape index (κ2) is 9.05. The number of carbonyl (C=O) groups is 3. The first-order chi connectivity index (χ1) is 12.0. The van der Waals surface area contributed by atoms with Gasteiger partial charge in [-0.2, -0.15) is 0 Å². The average molecular weight is 348 g/mol. The number of rotatable bonds is 7. The van der Waals surface area contributed by atoms with Crippen LogP contribution in [0.1, 0.15) is 36.5 Å². The monoisotopic (exact) mass is 348 g/mol. The van der Waals surface area contributed by atoms with Crippen molar-refractivity contribution in [2.24, 2.45) is 5.92 Å². The molecule has 1 aliphatic heterocycles. The van der Waals surface area contributed by atoms with Crippen LogP contribution in [0.5, 0.6) is 5.75 Å². The van der Waals surface area contributed by atoms with Gasteiger partial charge in [0.05, 0.1) is 18.0 Å². The molecule has 2 rings (SSSR count). The van der Waals surface area contributed by atoms with Gasteiger partial charge in [-0.25, -0.2) is 4.79 Å². The molecule has 0 aromatic heterocycles. The molecule has 1 fully saturated rings. The van der Waals surface area contributed by atoms with E-state index in [-0.39, 0.29) is 23.3 Å². The number of aromatic carboxylic acids is 1. The molecule has 2 amide bonds. The van der Waals surface area contributed by atoms with Crippen molar-refractivity contribution in [1.29, 1.82) is 0 Å². The first-order valence-electron chi connectivity index (χ1n) is 8.53. The summed E-state index contributed by atoms with van der Waals surface area (Å²) in [6.45, 7) is 3.69. The molecule has 1 saturated heterocycles. The number of ether oxygens (including phenoxy) is 1. The highest BCUT2D eigenvalue weighted by atomic mass is 16.5. The van der Waals surface area contributed by atoms with Crippen LogP contribution in [0.25, 0.3) is 0 Å². The number of hydrogen-bond acceptors (Lipinski definition) is 4. The fourth-order valence-corrected chi connectivity index (χ4v) is 2.82.